The average Bonchev–Trinajstić information content (AvgIpc) is 3.13. The van der Waals surface area contributed by atoms with E-state index in [1.165, 1.54) is 25.9 Å². The Morgan fingerprint density at radius 2 is 2.38 bits per heavy atom. The van der Waals surface area contributed by atoms with Gasteiger partial charge in [0.2, 0.25) is 0 Å². The molecule has 24 heavy (non-hydrogen) atoms. The van der Waals surface area contributed by atoms with Crippen LogP contribution in [0.4, 0.5) is 0 Å². The van der Waals surface area contributed by atoms with Crippen molar-refractivity contribution in [3.63, 3.8) is 0 Å². The van der Waals surface area contributed by atoms with E-state index in [-0.39, 0.29) is 5.91 Å². The van der Waals surface area contributed by atoms with Gasteiger partial charge < -0.3 is 10.2 Å². The van der Waals surface area contributed by atoms with Crippen molar-refractivity contribution in [2.24, 2.45) is 5.92 Å². The highest BCUT2D eigenvalue weighted by Gasteiger charge is 2.15. The molecule has 2 aromatic rings. The van der Waals surface area contributed by atoms with Gasteiger partial charge in [0, 0.05) is 24.8 Å². The number of amides is 1. The van der Waals surface area contributed by atoms with Gasteiger partial charge in [-0.2, -0.15) is 0 Å². The molecule has 0 saturated carbocycles. The molecular formula is C19H25N3OS. The van der Waals surface area contributed by atoms with E-state index >= 15 is 0 Å². The van der Waals surface area contributed by atoms with Crippen LogP contribution in [-0.2, 0) is 0 Å². The van der Waals surface area contributed by atoms with E-state index in [0.29, 0.717) is 5.56 Å². The van der Waals surface area contributed by atoms with Gasteiger partial charge >= 0.3 is 0 Å². The summed E-state index contributed by atoms with van der Waals surface area (Å²) in [6.45, 7) is 6.51. The summed E-state index contributed by atoms with van der Waals surface area (Å²) in [7, 11) is 0. The molecule has 5 heteroatoms. The van der Waals surface area contributed by atoms with E-state index in [2.05, 4.69) is 22.1 Å². The molecule has 128 valence electrons. The molecule has 3 rings (SSSR count). The minimum Gasteiger partial charge on any atom is -0.352 e. The number of piperidine rings is 1. The van der Waals surface area contributed by atoms with Gasteiger partial charge in [0.15, 0.2) is 0 Å². The molecule has 1 fully saturated rings. The van der Waals surface area contributed by atoms with Crippen molar-refractivity contribution < 1.29 is 4.79 Å². The zero-order valence-corrected chi connectivity index (χ0v) is 15.0. The van der Waals surface area contributed by atoms with Crippen molar-refractivity contribution in [1.29, 1.82) is 0 Å². The lowest BCUT2D eigenvalue weighted by Crippen LogP contribution is -2.36. The average molecular weight is 343 g/mol. The molecule has 1 amide bonds. The second kappa shape index (κ2) is 8.40. The van der Waals surface area contributed by atoms with Crippen LogP contribution < -0.4 is 5.32 Å². The first-order valence-corrected chi connectivity index (χ1v) is 9.61. The number of carbonyl (C=O) groups is 1. The lowest BCUT2D eigenvalue weighted by atomic mass is 10.0. The molecule has 0 spiro atoms. The van der Waals surface area contributed by atoms with Crippen molar-refractivity contribution in [1.82, 2.24) is 15.2 Å². The van der Waals surface area contributed by atoms with Crippen molar-refractivity contribution in [3.05, 3.63) is 41.4 Å². The molecule has 0 aromatic carbocycles. The van der Waals surface area contributed by atoms with E-state index < -0.39 is 0 Å². The van der Waals surface area contributed by atoms with Gasteiger partial charge in [-0.15, -0.1) is 11.3 Å². The minimum absolute atomic E-state index is 0.0118. The van der Waals surface area contributed by atoms with E-state index in [1.54, 1.807) is 23.6 Å². The standard InChI is InChI=1S/C19H25N3OS/c1-15-5-2-10-22(14-15)11-4-8-21-19(23)16-7-9-20-17(13-16)18-6-3-12-24-18/h3,6-7,9,12-13,15H,2,4-5,8,10-11,14H2,1H3,(H,21,23)/t15-/m1/s1. The molecular weight excluding hydrogens is 318 g/mol. The van der Waals surface area contributed by atoms with E-state index in [0.717, 1.165) is 36.0 Å². The van der Waals surface area contributed by atoms with E-state index in [9.17, 15) is 4.79 Å². The SMILES string of the molecule is C[C@@H]1CCCN(CCCNC(=O)c2ccnc(-c3cccs3)c2)C1. The fourth-order valence-electron chi connectivity index (χ4n) is 3.23. The predicted molar refractivity (Wildman–Crippen MR) is 99.3 cm³/mol. The van der Waals surface area contributed by atoms with Gasteiger partial charge in [0.05, 0.1) is 10.6 Å². The monoisotopic (exact) mass is 343 g/mol. The van der Waals surface area contributed by atoms with Crippen LogP contribution in [0.3, 0.4) is 0 Å². The molecule has 1 aliphatic rings. The van der Waals surface area contributed by atoms with Gasteiger partial charge in [-0.3, -0.25) is 9.78 Å². The summed E-state index contributed by atoms with van der Waals surface area (Å²) in [5.74, 6) is 0.794. The highest BCUT2D eigenvalue weighted by atomic mass is 32.1. The lowest BCUT2D eigenvalue weighted by molar-refractivity contribution is 0.0950. The smallest absolute Gasteiger partial charge is 0.251 e. The first-order valence-electron chi connectivity index (χ1n) is 8.73. The van der Waals surface area contributed by atoms with E-state index in [1.807, 2.05) is 23.6 Å². The van der Waals surface area contributed by atoms with Crippen LogP contribution in [0, 0.1) is 5.92 Å². The summed E-state index contributed by atoms with van der Waals surface area (Å²) in [4.78, 5) is 20.3. The van der Waals surface area contributed by atoms with Crippen LogP contribution in [0.5, 0.6) is 0 Å². The number of nitrogens with one attached hydrogen (secondary N) is 1. The molecule has 4 nitrogen and oxygen atoms in total. The van der Waals surface area contributed by atoms with Crippen molar-refractivity contribution in [2.75, 3.05) is 26.2 Å². The van der Waals surface area contributed by atoms with Crippen molar-refractivity contribution in [2.45, 2.75) is 26.2 Å². The number of thiophene rings is 1. The number of carbonyl (C=O) groups excluding carboxylic acids is 1. The maximum atomic E-state index is 12.3. The van der Waals surface area contributed by atoms with E-state index in [4.69, 9.17) is 0 Å². The Hall–Kier alpha value is -1.72. The van der Waals surface area contributed by atoms with Gasteiger partial charge in [0.1, 0.15) is 0 Å². The third-order valence-electron chi connectivity index (χ3n) is 4.47. The molecule has 1 atom stereocenters. The molecule has 1 aliphatic heterocycles. The third kappa shape index (κ3) is 4.65. The quantitative estimate of drug-likeness (QED) is 0.814. The van der Waals surface area contributed by atoms with Gasteiger partial charge in [-0.25, -0.2) is 0 Å². The normalized spacial score (nSPS) is 18.5. The lowest BCUT2D eigenvalue weighted by Gasteiger charge is -2.30. The maximum Gasteiger partial charge on any atom is 0.251 e. The number of pyridine rings is 1. The van der Waals surface area contributed by atoms with Gasteiger partial charge in [-0.05, 0) is 61.8 Å². The predicted octanol–water partition coefficient (Wildman–Crippen LogP) is 3.66. The fourth-order valence-corrected chi connectivity index (χ4v) is 3.92. The summed E-state index contributed by atoms with van der Waals surface area (Å²) < 4.78 is 0. The number of hydrogen-bond acceptors (Lipinski definition) is 4. The Bertz CT molecular complexity index is 656. The fraction of sp³-hybridized carbons (Fsp3) is 0.474. The summed E-state index contributed by atoms with van der Waals surface area (Å²) in [5.41, 5.74) is 1.54. The Labute approximate surface area is 147 Å². The van der Waals surface area contributed by atoms with Crippen LogP contribution in [-0.4, -0.2) is 42.0 Å². The Balaban J connectivity index is 1.46. The van der Waals surface area contributed by atoms with Crippen LogP contribution in [0.15, 0.2) is 35.8 Å². The molecule has 0 aliphatic carbocycles. The Kier molecular flexibility index (Phi) is 5.99. The number of hydrogen-bond donors (Lipinski definition) is 1. The van der Waals surface area contributed by atoms with Crippen LogP contribution >= 0.6 is 11.3 Å². The highest BCUT2D eigenvalue weighted by Crippen LogP contribution is 2.23. The number of likely N-dealkylation sites (tertiary alicyclic amines) is 1. The molecule has 2 aromatic heterocycles. The summed E-state index contributed by atoms with van der Waals surface area (Å²) in [6, 6.07) is 7.66. The summed E-state index contributed by atoms with van der Waals surface area (Å²) in [6.07, 6.45) is 5.36. The molecule has 0 bridgehead atoms. The van der Waals surface area contributed by atoms with Crippen LogP contribution in [0.2, 0.25) is 0 Å². The Morgan fingerprint density at radius 3 is 3.17 bits per heavy atom. The second-order valence-corrected chi connectivity index (χ2v) is 7.51. The third-order valence-corrected chi connectivity index (χ3v) is 5.37. The largest absolute Gasteiger partial charge is 0.352 e. The topological polar surface area (TPSA) is 45.2 Å². The highest BCUT2D eigenvalue weighted by molar-refractivity contribution is 7.13. The molecule has 1 saturated heterocycles. The van der Waals surface area contributed by atoms with Crippen LogP contribution in [0.25, 0.3) is 10.6 Å². The summed E-state index contributed by atoms with van der Waals surface area (Å²) in [5, 5.41) is 5.05. The molecule has 0 unspecified atom stereocenters. The number of nitrogens with zero attached hydrogens (tertiary/aromatic N) is 2. The maximum absolute atomic E-state index is 12.3. The number of rotatable bonds is 6. The van der Waals surface area contributed by atoms with Crippen molar-refractivity contribution in [3.8, 4) is 10.6 Å². The zero-order valence-electron chi connectivity index (χ0n) is 14.2. The van der Waals surface area contributed by atoms with Gasteiger partial charge in [-0.1, -0.05) is 13.0 Å². The molecule has 1 N–H and O–H groups in total. The van der Waals surface area contributed by atoms with Gasteiger partial charge in [0.25, 0.3) is 5.91 Å². The second-order valence-electron chi connectivity index (χ2n) is 6.56. The number of aromatic nitrogens is 1. The first kappa shape index (κ1) is 17.1. The summed E-state index contributed by atoms with van der Waals surface area (Å²) >= 11 is 1.63. The molecule has 3 heterocycles. The first-order chi connectivity index (χ1) is 11.7. The minimum atomic E-state index is -0.0118. The zero-order chi connectivity index (χ0) is 16.8. The Morgan fingerprint density at radius 1 is 1.46 bits per heavy atom. The molecule has 0 radical (unpaired) electrons. The van der Waals surface area contributed by atoms with Crippen molar-refractivity contribution >= 4 is 17.2 Å². The van der Waals surface area contributed by atoms with Crippen LogP contribution in [0.1, 0.15) is 36.5 Å².